The van der Waals surface area contributed by atoms with Gasteiger partial charge in [0.05, 0.1) is 16.8 Å². The van der Waals surface area contributed by atoms with Gasteiger partial charge in [0.25, 0.3) is 0 Å². The van der Waals surface area contributed by atoms with Crippen LogP contribution in [0.3, 0.4) is 0 Å². The molecular formula is C15H11F3N4O. The van der Waals surface area contributed by atoms with E-state index in [2.05, 4.69) is 15.7 Å². The van der Waals surface area contributed by atoms with Gasteiger partial charge in [0.2, 0.25) is 0 Å². The number of para-hydroxylation sites is 1. The van der Waals surface area contributed by atoms with Crippen LogP contribution in [-0.2, 0) is 6.18 Å². The summed E-state index contributed by atoms with van der Waals surface area (Å²) in [7, 11) is 0. The van der Waals surface area contributed by atoms with E-state index in [-0.39, 0.29) is 5.69 Å². The molecule has 2 N–H and O–H groups in total. The zero-order valence-electron chi connectivity index (χ0n) is 11.6. The number of carbonyl (C=O) groups is 1. The lowest BCUT2D eigenvalue weighted by Gasteiger charge is -2.14. The van der Waals surface area contributed by atoms with Crippen molar-refractivity contribution in [3.05, 3.63) is 60.4 Å². The summed E-state index contributed by atoms with van der Waals surface area (Å²) in [5, 5.41) is 8.72. The second-order valence-corrected chi connectivity index (χ2v) is 4.74. The van der Waals surface area contributed by atoms with Crippen molar-refractivity contribution >= 4 is 22.9 Å². The van der Waals surface area contributed by atoms with Crippen LogP contribution in [0.1, 0.15) is 5.56 Å². The predicted molar refractivity (Wildman–Crippen MR) is 79.3 cm³/mol. The zero-order chi connectivity index (χ0) is 16.4. The standard InChI is InChI=1S/C15H11F3N4O/c16-15(17,18)12-3-1-2-4-13(12)21-14(23)20-10-6-8-22-11(9-10)5-7-19-22/h1-9H,(H2,20,21,23). The van der Waals surface area contributed by atoms with E-state index >= 15 is 0 Å². The number of rotatable bonds is 2. The lowest BCUT2D eigenvalue weighted by Crippen LogP contribution is -2.21. The highest BCUT2D eigenvalue weighted by molar-refractivity contribution is 6.00. The number of nitrogens with one attached hydrogen (secondary N) is 2. The molecule has 0 fully saturated rings. The van der Waals surface area contributed by atoms with Crippen LogP contribution in [0.25, 0.3) is 5.52 Å². The Morgan fingerprint density at radius 1 is 1.09 bits per heavy atom. The molecule has 0 saturated carbocycles. The van der Waals surface area contributed by atoms with Gasteiger partial charge in [-0.25, -0.2) is 9.31 Å². The van der Waals surface area contributed by atoms with E-state index in [1.807, 2.05) is 0 Å². The fourth-order valence-corrected chi connectivity index (χ4v) is 2.12. The van der Waals surface area contributed by atoms with Gasteiger partial charge in [-0.3, -0.25) is 0 Å². The number of pyridine rings is 1. The van der Waals surface area contributed by atoms with E-state index < -0.39 is 17.8 Å². The minimum atomic E-state index is -4.54. The molecule has 1 aromatic carbocycles. The summed E-state index contributed by atoms with van der Waals surface area (Å²) in [4.78, 5) is 11.9. The van der Waals surface area contributed by atoms with Gasteiger partial charge in [-0.1, -0.05) is 12.1 Å². The van der Waals surface area contributed by atoms with Crippen molar-refractivity contribution in [1.82, 2.24) is 9.61 Å². The van der Waals surface area contributed by atoms with Gasteiger partial charge in [-0.05, 0) is 30.3 Å². The number of urea groups is 1. The third kappa shape index (κ3) is 3.25. The number of amides is 2. The molecule has 0 unspecified atom stereocenters. The molecule has 0 aliphatic heterocycles. The van der Waals surface area contributed by atoms with Gasteiger partial charge in [0.1, 0.15) is 0 Å². The first-order valence-corrected chi connectivity index (χ1v) is 6.61. The van der Waals surface area contributed by atoms with Crippen molar-refractivity contribution in [2.75, 3.05) is 10.6 Å². The van der Waals surface area contributed by atoms with Crippen LogP contribution in [0.15, 0.2) is 54.9 Å². The second-order valence-electron chi connectivity index (χ2n) is 4.74. The monoisotopic (exact) mass is 320 g/mol. The van der Waals surface area contributed by atoms with Crippen LogP contribution < -0.4 is 10.6 Å². The number of alkyl halides is 3. The van der Waals surface area contributed by atoms with Crippen molar-refractivity contribution in [3.8, 4) is 0 Å². The number of halogens is 3. The average Bonchev–Trinajstić information content (AvgIpc) is 2.94. The zero-order valence-corrected chi connectivity index (χ0v) is 11.6. The van der Waals surface area contributed by atoms with Crippen LogP contribution in [0, 0.1) is 0 Å². The van der Waals surface area contributed by atoms with Crippen molar-refractivity contribution in [1.29, 1.82) is 0 Å². The molecule has 0 saturated heterocycles. The van der Waals surface area contributed by atoms with E-state index in [1.54, 1.807) is 35.1 Å². The van der Waals surface area contributed by atoms with Gasteiger partial charge in [0, 0.05) is 18.1 Å². The lowest BCUT2D eigenvalue weighted by atomic mass is 10.1. The Hall–Kier alpha value is -3.03. The summed E-state index contributed by atoms with van der Waals surface area (Å²) >= 11 is 0. The molecule has 0 radical (unpaired) electrons. The number of hydrogen-bond acceptors (Lipinski definition) is 2. The summed E-state index contributed by atoms with van der Waals surface area (Å²) < 4.78 is 40.2. The molecule has 2 aromatic heterocycles. The number of aromatic nitrogens is 2. The molecule has 5 nitrogen and oxygen atoms in total. The van der Waals surface area contributed by atoms with Gasteiger partial charge < -0.3 is 10.6 Å². The molecule has 0 aliphatic carbocycles. The Bertz CT molecular complexity index is 857. The molecule has 2 heterocycles. The Kier molecular flexibility index (Phi) is 3.65. The Morgan fingerprint density at radius 2 is 1.87 bits per heavy atom. The van der Waals surface area contributed by atoms with E-state index in [1.165, 1.54) is 18.2 Å². The summed E-state index contributed by atoms with van der Waals surface area (Å²) in [6.45, 7) is 0. The summed E-state index contributed by atoms with van der Waals surface area (Å²) in [6.07, 6.45) is -1.31. The van der Waals surface area contributed by atoms with Crippen LogP contribution in [0.2, 0.25) is 0 Å². The van der Waals surface area contributed by atoms with Gasteiger partial charge in [-0.15, -0.1) is 0 Å². The highest BCUT2D eigenvalue weighted by atomic mass is 19.4. The fourth-order valence-electron chi connectivity index (χ4n) is 2.12. The highest BCUT2D eigenvalue weighted by Gasteiger charge is 2.33. The Morgan fingerprint density at radius 3 is 2.65 bits per heavy atom. The van der Waals surface area contributed by atoms with Crippen LogP contribution >= 0.6 is 0 Å². The molecule has 118 valence electrons. The number of fused-ring (bicyclic) bond motifs is 1. The van der Waals surface area contributed by atoms with Crippen molar-refractivity contribution in [2.24, 2.45) is 0 Å². The Balaban J connectivity index is 1.77. The average molecular weight is 320 g/mol. The maximum Gasteiger partial charge on any atom is 0.418 e. The maximum absolute atomic E-state index is 12.9. The SMILES string of the molecule is O=C(Nc1ccn2nccc2c1)Nc1ccccc1C(F)(F)F. The summed E-state index contributed by atoms with van der Waals surface area (Å²) in [5.74, 6) is 0. The minimum Gasteiger partial charge on any atom is -0.308 e. The first-order chi connectivity index (χ1) is 10.9. The quantitative estimate of drug-likeness (QED) is 0.750. The van der Waals surface area contributed by atoms with Crippen molar-refractivity contribution < 1.29 is 18.0 Å². The van der Waals surface area contributed by atoms with Crippen molar-refractivity contribution in [3.63, 3.8) is 0 Å². The third-order valence-corrected chi connectivity index (χ3v) is 3.14. The van der Waals surface area contributed by atoms with Gasteiger partial charge in [0.15, 0.2) is 0 Å². The van der Waals surface area contributed by atoms with E-state index in [4.69, 9.17) is 0 Å². The predicted octanol–water partition coefficient (Wildman–Crippen LogP) is 4.00. The molecule has 23 heavy (non-hydrogen) atoms. The number of carbonyl (C=O) groups excluding carboxylic acids is 1. The fraction of sp³-hybridized carbons (Fsp3) is 0.0667. The molecule has 8 heteroatoms. The van der Waals surface area contributed by atoms with E-state index in [9.17, 15) is 18.0 Å². The number of benzene rings is 1. The largest absolute Gasteiger partial charge is 0.418 e. The lowest BCUT2D eigenvalue weighted by molar-refractivity contribution is -0.136. The highest BCUT2D eigenvalue weighted by Crippen LogP contribution is 2.34. The Labute approximate surface area is 128 Å². The molecule has 0 aliphatic rings. The summed E-state index contributed by atoms with van der Waals surface area (Å²) in [5.41, 5.74) is -0.0113. The molecular weight excluding hydrogens is 309 g/mol. The van der Waals surface area contributed by atoms with Crippen molar-refractivity contribution in [2.45, 2.75) is 6.18 Å². The van der Waals surface area contributed by atoms with Gasteiger partial charge >= 0.3 is 12.2 Å². The molecule has 0 bridgehead atoms. The number of anilines is 2. The van der Waals surface area contributed by atoms with Crippen LogP contribution in [-0.4, -0.2) is 15.6 Å². The van der Waals surface area contributed by atoms with E-state index in [0.29, 0.717) is 5.69 Å². The topological polar surface area (TPSA) is 58.4 Å². The molecule has 2 amide bonds. The molecule has 0 spiro atoms. The number of nitrogens with zero attached hydrogens (tertiary/aromatic N) is 2. The summed E-state index contributed by atoms with van der Waals surface area (Å²) in [6, 6.07) is 9.02. The van der Waals surface area contributed by atoms with Gasteiger partial charge in [-0.2, -0.15) is 18.3 Å². The molecule has 3 rings (SSSR count). The molecule has 0 atom stereocenters. The number of hydrogen-bond donors (Lipinski definition) is 2. The minimum absolute atomic E-state index is 0.303. The van der Waals surface area contributed by atoms with Crippen LogP contribution in [0.4, 0.5) is 29.3 Å². The molecule has 3 aromatic rings. The third-order valence-electron chi connectivity index (χ3n) is 3.14. The first-order valence-electron chi connectivity index (χ1n) is 6.61. The first kappa shape index (κ1) is 14.9. The maximum atomic E-state index is 12.9. The smallest absolute Gasteiger partial charge is 0.308 e. The van der Waals surface area contributed by atoms with E-state index in [0.717, 1.165) is 11.6 Å². The van der Waals surface area contributed by atoms with Crippen LogP contribution in [0.5, 0.6) is 0 Å². The normalized spacial score (nSPS) is 11.4. The second kappa shape index (κ2) is 5.64.